The third-order valence-electron chi connectivity index (χ3n) is 6.12. The first kappa shape index (κ1) is 22.2. The molecule has 0 radical (unpaired) electrons. The number of hydrogen-bond acceptors (Lipinski definition) is 6. The van der Waals surface area contributed by atoms with E-state index in [9.17, 15) is 8.42 Å². The van der Waals surface area contributed by atoms with Crippen LogP contribution in [0, 0.1) is 13.8 Å². The van der Waals surface area contributed by atoms with Crippen molar-refractivity contribution in [3.05, 3.63) is 84.2 Å². The Morgan fingerprint density at radius 2 is 1.41 bits per heavy atom. The Morgan fingerprint density at radius 3 is 2.03 bits per heavy atom. The van der Waals surface area contributed by atoms with Gasteiger partial charge in [-0.25, -0.2) is 13.1 Å². The number of aromatic nitrogens is 4. The molecule has 174 valence electrons. The molecule has 8 nitrogen and oxygen atoms in total. The summed E-state index contributed by atoms with van der Waals surface area (Å²) < 4.78 is 30.3. The zero-order valence-corrected chi connectivity index (χ0v) is 20.0. The van der Waals surface area contributed by atoms with Crippen molar-refractivity contribution < 1.29 is 8.42 Å². The highest BCUT2D eigenvalue weighted by Crippen LogP contribution is 2.27. The predicted molar refractivity (Wildman–Crippen MR) is 131 cm³/mol. The third kappa shape index (κ3) is 4.08. The minimum absolute atomic E-state index is 0.245. The molecule has 0 unspecified atom stereocenters. The van der Waals surface area contributed by atoms with Crippen molar-refractivity contribution in [3.63, 3.8) is 0 Å². The Balaban J connectivity index is 1.38. The van der Waals surface area contributed by atoms with Crippen LogP contribution < -0.4 is 4.90 Å². The van der Waals surface area contributed by atoms with Crippen LogP contribution in [-0.4, -0.2) is 58.9 Å². The van der Waals surface area contributed by atoms with Crippen LogP contribution in [0.1, 0.15) is 11.4 Å². The number of benzene rings is 2. The molecular formula is C25H26N6O2S. The first-order valence-electron chi connectivity index (χ1n) is 11.2. The van der Waals surface area contributed by atoms with Crippen molar-refractivity contribution in [1.82, 2.24) is 24.3 Å². The largest absolute Gasteiger partial charge is 0.369 e. The smallest absolute Gasteiger partial charge is 0.246 e. The van der Waals surface area contributed by atoms with E-state index in [0.29, 0.717) is 43.4 Å². The van der Waals surface area contributed by atoms with Gasteiger partial charge in [-0.15, -0.1) is 10.2 Å². The molecule has 1 aliphatic heterocycles. The first-order valence-corrected chi connectivity index (χ1v) is 12.6. The molecule has 0 bridgehead atoms. The van der Waals surface area contributed by atoms with Gasteiger partial charge in [-0.1, -0.05) is 48.5 Å². The lowest BCUT2D eigenvalue weighted by Crippen LogP contribution is -2.48. The van der Waals surface area contributed by atoms with E-state index in [0.717, 1.165) is 16.9 Å². The first-order chi connectivity index (χ1) is 16.4. The summed E-state index contributed by atoms with van der Waals surface area (Å²) in [6, 6.07) is 23.5. The van der Waals surface area contributed by atoms with Crippen molar-refractivity contribution in [1.29, 1.82) is 0 Å². The van der Waals surface area contributed by atoms with E-state index in [1.165, 1.54) is 0 Å². The fourth-order valence-electron chi connectivity index (χ4n) is 4.38. The number of rotatable bonds is 5. The summed E-state index contributed by atoms with van der Waals surface area (Å²) in [6.07, 6.45) is 0. The van der Waals surface area contributed by atoms with Crippen LogP contribution in [0.4, 0.5) is 5.69 Å². The highest BCUT2D eigenvalue weighted by atomic mass is 32.2. The minimum atomic E-state index is -3.69. The number of sulfonamides is 1. The van der Waals surface area contributed by atoms with Gasteiger partial charge >= 0.3 is 0 Å². The molecule has 0 N–H and O–H groups in total. The number of aryl methyl sites for hydroxylation is 1. The van der Waals surface area contributed by atoms with Gasteiger partial charge in [0.15, 0.2) is 5.82 Å². The highest BCUT2D eigenvalue weighted by molar-refractivity contribution is 7.89. The van der Waals surface area contributed by atoms with Crippen LogP contribution >= 0.6 is 0 Å². The Morgan fingerprint density at radius 1 is 0.765 bits per heavy atom. The average molecular weight is 475 g/mol. The van der Waals surface area contributed by atoms with Gasteiger partial charge in [0, 0.05) is 37.4 Å². The Hall–Kier alpha value is -3.56. The summed E-state index contributed by atoms with van der Waals surface area (Å²) in [4.78, 5) is 2.45. The molecule has 0 atom stereocenters. The molecule has 1 aliphatic rings. The van der Waals surface area contributed by atoms with Crippen LogP contribution in [-0.2, 0) is 10.0 Å². The average Bonchev–Trinajstić information content (AvgIpc) is 3.19. The Kier molecular flexibility index (Phi) is 5.89. The quantitative estimate of drug-likeness (QED) is 0.441. The molecule has 0 aliphatic carbocycles. The van der Waals surface area contributed by atoms with Crippen LogP contribution in [0.2, 0.25) is 0 Å². The molecule has 0 amide bonds. The Labute approximate surface area is 199 Å². The highest BCUT2D eigenvalue weighted by Gasteiger charge is 2.33. The maximum atomic E-state index is 13.6. The summed E-state index contributed by atoms with van der Waals surface area (Å²) in [5.74, 6) is 0.482. The van der Waals surface area contributed by atoms with Gasteiger partial charge in [-0.05, 0) is 38.1 Å². The monoisotopic (exact) mass is 474 g/mol. The Bertz CT molecular complexity index is 1380. The van der Waals surface area contributed by atoms with E-state index in [4.69, 9.17) is 0 Å². The fourth-order valence-corrected chi connectivity index (χ4v) is 6.16. The summed E-state index contributed by atoms with van der Waals surface area (Å²) in [5, 5.41) is 13.1. The van der Waals surface area contributed by atoms with Crippen LogP contribution in [0.5, 0.6) is 0 Å². The zero-order chi connectivity index (χ0) is 23.7. The minimum Gasteiger partial charge on any atom is -0.369 e. The fraction of sp³-hybridized carbons (Fsp3) is 0.240. The van der Waals surface area contributed by atoms with Gasteiger partial charge in [0.25, 0.3) is 0 Å². The summed E-state index contributed by atoms with van der Waals surface area (Å²) >= 11 is 0. The summed E-state index contributed by atoms with van der Waals surface area (Å²) in [7, 11) is -3.69. The maximum absolute atomic E-state index is 13.6. The van der Waals surface area contributed by atoms with Gasteiger partial charge in [-0.2, -0.15) is 9.40 Å². The van der Waals surface area contributed by atoms with Crippen molar-refractivity contribution in [3.8, 4) is 17.1 Å². The molecule has 2 aromatic heterocycles. The molecule has 3 heterocycles. The molecule has 34 heavy (non-hydrogen) atoms. The number of nitrogens with zero attached hydrogens (tertiary/aromatic N) is 6. The summed E-state index contributed by atoms with van der Waals surface area (Å²) in [5.41, 5.74) is 3.81. The van der Waals surface area contributed by atoms with Crippen LogP contribution in [0.15, 0.2) is 77.7 Å². The number of para-hydroxylation sites is 1. The molecule has 4 aromatic rings. The third-order valence-corrected chi connectivity index (χ3v) is 8.27. The lowest BCUT2D eigenvalue weighted by molar-refractivity contribution is 0.384. The van der Waals surface area contributed by atoms with Gasteiger partial charge in [0.05, 0.1) is 17.1 Å². The van der Waals surface area contributed by atoms with Gasteiger partial charge < -0.3 is 4.90 Å². The molecular weight excluding hydrogens is 448 g/mol. The number of hydrogen-bond donors (Lipinski definition) is 0. The topological polar surface area (TPSA) is 84.2 Å². The second-order valence-corrected chi connectivity index (χ2v) is 10.2. The van der Waals surface area contributed by atoms with E-state index in [1.807, 2.05) is 72.8 Å². The predicted octanol–water partition coefficient (Wildman–Crippen LogP) is 3.46. The molecule has 5 rings (SSSR count). The SMILES string of the molecule is Cc1nn(-c2ccc(-c3ccccc3)nn2)c(C)c1S(=O)(=O)N1CCN(c2ccccc2)CC1. The second-order valence-electron chi connectivity index (χ2n) is 8.28. The van der Waals surface area contributed by atoms with E-state index in [1.54, 1.807) is 22.8 Å². The van der Waals surface area contributed by atoms with Crippen molar-refractivity contribution in [2.45, 2.75) is 18.7 Å². The normalized spacial score (nSPS) is 14.9. The van der Waals surface area contributed by atoms with E-state index in [2.05, 4.69) is 20.2 Å². The van der Waals surface area contributed by atoms with Crippen molar-refractivity contribution >= 4 is 15.7 Å². The molecule has 9 heteroatoms. The van der Waals surface area contributed by atoms with Crippen LogP contribution in [0.3, 0.4) is 0 Å². The van der Waals surface area contributed by atoms with E-state index >= 15 is 0 Å². The molecule has 1 fully saturated rings. The molecule has 2 aromatic carbocycles. The van der Waals surface area contributed by atoms with Crippen molar-refractivity contribution in [2.24, 2.45) is 0 Å². The maximum Gasteiger partial charge on any atom is 0.246 e. The van der Waals surface area contributed by atoms with Gasteiger partial charge in [-0.3, -0.25) is 0 Å². The lowest BCUT2D eigenvalue weighted by Gasteiger charge is -2.35. The lowest BCUT2D eigenvalue weighted by atomic mass is 10.1. The number of piperazine rings is 1. The zero-order valence-electron chi connectivity index (χ0n) is 19.2. The standard InChI is InChI=1S/C25H26N6O2S/c1-19-25(34(32,33)30-17-15-29(16-18-30)22-11-7-4-8-12-22)20(2)31(28-19)24-14-13-23(26-27-24)21-9-5-3-6-10-21/h3-14H,15-18H2,1-2H3. The summed E-state index contributed by atoms with van der Waals surface area (Å²) in [6.45, 7) is 5.62. The van der Waals surface area contributed by atoms with Gasteiger partial charge in [0.2, 0.25) is 10.0 Å². The van der Waals surface area contributed by atoms with E-state index in [-0.39, 0.29) is 4.90 Å². The number of anilines is 1. The van der Waals surface area contributed by atoms with Crippen molar-refractivity contribution in [2.75, 3.05) is 31.1 Å². The van der Waals surface area contributed by atoms with Crippen LogP contribution in [0.25, 0.3) is 17.1 Å². The van der Waals surface area contributed by atoms with E-state index < -0.39 is 10.0 Å². The second kappa shape index (κ2) is 9.00. The van der Waals surface area contributed by atoms with Gasteiger partial charge in [0.1, 0.15) is 4.90 Å². The molecule has 0 saturated carbocycles. The molecule has 0 spiro atoms. The molecule has 1 saturated heterocycles.